The number of carbonyl (C=O) groups is 1. The van der Waals surface area contributed by atoms with Crippen molar-refractivity contribution in [2.75, 3.05) is 19.7 Å². The maximum atomic E-state index is 13.0. The molecular weight excluding hydrogens is 378 g/mol. The van der Waals surface area contributed by atoms with Crippen molar-refractivity contribution in [3.05, 3.63) is 65.9 Å². The number of para-hydroxylation sites is 1. The number of piperidine rings is 1. The SMILES string of the molecule is O=C(c1n[nH]c2ccccc12)N1CCC2(CC1)CC(OCc1ccccc1)CCO2. The Hall–Kier alpha value is -2.70. The highest BCUT2D eigenvalue weighted by molar-refractivity contribution is 6.04. The minimum atomic E-state index is -0.177. The Balaban J connectivity index is 1.20. The summed E-state index contributed by atoms with van der Waals surface area (Å²) in [5.41, 5.74) is 2.42. The summed E-state index contributed by atoms with van der Waals surface area (Å²) in [6.45, 7) is 2.73. The molecule has 2 aromatic carbocycles. The van der Waals surface area contributed by atoms with Gasteiger partial charge in [-0.1, -0.05) is 48.5 Å². The molecule has 0 saturated carbocycles. The molecule has 1 aromatic heterocycles. The van der Waals surface area contributed by atoms with Crippen LogP contribution in [0.1, 0.15) is 41.7 Å². The molecular formula is C24H27N3O3. The van der Waals surface area contributed by atoms with Crippen LogP contribution in [0.5, 0.6) is 0 Å². The lowest BCUT2D eigenvalue weighted by Crippen LogP contribution is -2.52. The van der Waals surface area contributed by atoms with Crippen LogP contribution in [0.4, 0.5) is 0 Å². The minimum absolute atomic E-state index is 0.00464. The Labute approximate surface area is 176 Å². The van der Waals surface area contributed by atoms with Crippen LogP contribution in [0, 0.1) is 0 Å². The average molecular weight is 405 g/mol. The lowest BCUT2D eigenvalue weighted by Gasteiger charge is -2.46. The predicted molar refractivity (Wildman–Crippen MR) is 114 cm³/mol. The largest absolute Gasteiger partial charge is 0.375 e. The normalized spacial score (nSPS) is 21.2. The molecule has 3 heterocycles. The summed E-state index contributed by atoms with van der Waals surface area (Å²) in [5, 5.41) is 8.11. The van der Waals surface area contributed by atoms with E-state index in [1.165, 1.54) is 5.56 Å². The number of carbonyl (C=O) groups excluding carboxylic acids is 1. The number of benzene rings is 2. The van der Waals surface area contributed by atoms with E-state index in [4.69, 9.17) is 9.47 Å². The number of aromatic amines is 1. The molecule has 1 spiro atoms. The summed E-state index contributed by atoms with van der Waals surface area (Å²) >= 11 is 0. The van der Waals surface area contributed by atoms with E-state index in [0.717, 1.165) is 43.2 Å². The monoisotopic (exact) mass is 405 g/mol. The van der Waals surface area contributed by atoms with Crippen molar-refractivity contribution in [2.45, 2.75) is 44.0 Å². The highest BCUT2D eigenvalue weighted by atomic mass is 16.5. The number of fused-ring (bicyclic) bond motifs is 1. The van der Waals surface area contributed by atoms with Gasteiger partial charge in [-0.2, -0.15) is 5.10 Å². The molecule has 156 valence electrons. The molecule has 5 rings (SSSR count). The fourth-order valence-corrected chi connectivity index (χ4v) is 4.66. The second-order valence-corrected chi connectivity index (χ2v) is 8.35. The molecule has 1 N–H and O–H groups in total. The summed E-state index contributed by atoms with van der Waals surface area (Å²) in [6, 6.07) is 18.1. The zero-order valence-electron chi connectivity index (χ0n) is 17.0. The maximum absolute atomic E-state index is 13.0. The zero-order valence-corrected chi connectivity index (χ0v) is 17.0. The van der Waals surface area contributed by atoms with E-state index in [1.807, 2.05) is 47.4 Å². The molecule has 2 aliphatic rings. The Bertz CT molecular complexity index is 1010. The second kappa shape index (κ2) is 8.20. The summed E-state index contributed by atoms with van der Waals surface area (Å²) in [6.07, 6.45) is 3.71. The van der Waals surface area contributed by atoms with Gasteiger partial charge in [0.2, 0.25) is 0 Å². The molecule has 6 nitrogen and oxygen atoms in total. The predicted octanol–water partition coefficient (Wildman–Crippen LogP) is 3.93. The first-order chi connectivity index (χ1) is 14.7. The van der Waals surface area contributed by atoms with E-state index < -0.39 is 0 Å². The van der Waals surface area contributed by atoms with Crippen LogP contribution in [0.3, 0.4) is 0 Å². The van der Waals surface area contributed by atoms with E-state index in [2.05, 4.69) is 22.3 Å². The van der Waals surface area contributed by atoms with Gasteiger partial charge in [0.25, 0.3) is 5.91 Å². The molecule has 0 bridgehead atoms. The molecule has 1 amide bonds. The molecule has 0 radical (unpaired) electrons. The topological polar surface area (TPSA) is 67.5 Å². The van der Waals surface area contributed by atoms with Crippen LogP contribution < -0.4 is 0 Å². The number of amides is 1. The average Bonchev–Trinajstić information content (AvgIpc) is 3.23. The number of hydrogen-bond acceptors (Lipinski definition) is 4. The molecule has 1 atom stereocenters. The van der Waals surface area contributed by atoms with Gasteiger partial charge in [0.15, 0.2) is 5.69 Å². The van der Waals surface area contributed by atoms with Crippen LogP contribution in [0.2, 0.25) is 0 Å². The third-order valence-electron chi connectivity index (χ3n) is 6.41. The molecule has 1 unspecified atom stereocenters. The first kappa shape index (κ1) is 19.3. The standard InChI is InChI=1S/C24H27N3O3/c28-23(22-20-8-4-5-9-21(20)25-26-22)27-13-11-24(12-14-27)16-19(10-15-30-24)29-17-18-6-2-1-3-7-18/h1-9,19H,10-17H2,(H,25,26). The molecule has 3 aromatic rings. The molecule has 2 saturated heterocycles. The van der Waals surface area contributed by atoms with E-state index in [0.29, 0.717) is 25.4 Å². The fraction of sp³-hybridized carbons (Fsp3) is 0.417. The number of rotatable bonds is 4. The summed E-state index contributed by atoms with van der Waals surface area (Å²) < 4.78 is 12.4. The Morgan fingerprint density at radius 1 is 1.13 bits per heavy atom. The zero-order chi connectivity index (χ0) is 20.4. The van der Waals surface area contributed by atoms with Crippen molar-refractivity contribution >= 4 is 16.8 Å². The highest BCUT2D eigenvalue weighted by Crippen LogP contribution is 2.36. The number of aromatic nitrogens is 2. The number of nitrogens with zero attached hydrogens (tertiary/aromatic N) is 2. The van der Waals surface area contributed by atoms with Crippen LogP contribution in [-0.4, -0.2) is 52.4 Å². The van der Waals surface area contributed by atoms with E-state index in [1.54, 1.807) is 0 Å². The number of likely N-dealkylation sites (tertiary alicyclic amines) is 1. The van der Waals surface area contributed by atoms with Crippen molar-refractivity contribution < 1.29 is 14.3 Å². The van der Waals surface area contributed by atoms with Crippen LogP contribution in [-0.2, 0) is 16.1 Å². The van der Waals surface area contributed by atoms with Gasteiger partial charge >= 0.3 is 0 Å². The van der Waals surface area contributed by atoms with Gasteiger partial charge in [0.1, 0.15) is 0 Å². The van der Waals surface area contributed by atoms with E-state index in [9.17, 15) is 4.79 Å². The number of hydrogen-bond donors (Lipinski definition) is 1. The van der Waals surface area contributed by atoms with Gasteiger partial charge in [0.05, 0.1) is 23.8 Å². The third kappa shape index (κ3) is 3.85. The van der Waals surface area contributed by atoms with Crippen molar-refractivity contribution in [1.29, 1.82) is 0 Å². The minimum Gasteiger partial charge on any atom is -0.375 e. The number of H-pyrrole nitrogens is 1. The Kier molecular flexibility index (Phi) is 5.27. The van der Waals surface area contributed by atoms with Crippen molar-refractivity contribution in [3.8, 4) is 0 Å². The summed E-state index contributed by atoms with van der Waals surface area (Å²) in [7, 11) is 0. The lowest BCUT2D eigenvalue weighted by atomic mass is 9.83. The van der Waals surface area contributed by atoms with Gasteiger partial charge in [-0.3, -0.25) is 9.89 Å². The van der Waals surface area contributed by atoms with Crippen LogP contribution in [0.15, 0.2) is 54.6 Å². The third-order valence-corrected chi connectivity index (χ3v) is 6.41. The first-order valence-corrected chi connectivity index (χ1v) is 10.7. The second-order valence-electron chi connectivity index (χ2n) is 8.35. The molecule has 30 heavy (non-hydrogen) atoms. The summed E-state index contributed by atoms with van der Waals surface area (Å²) in [5.74, 6) is -0.00464. The van der Waals surface area contributed by atoms with E-state index >= 15 is 0 Å². The maximum Gasteiger partial charge on any atom is 0.274 e. The van der Waals surface area contributed by atoms with Gasteiger partial charge in [-0.05, 0) is 30.9 Å². The Morgan fingerprint density at radius 2 is 1.90 bits per heavy atom. The first-order valence-electron chi connectivity index (χ1n) is 10.7. The quantitative estimate of drug-likeness (QED) is 0.714. The highest BCUT2D eigenvalue weighted by Gasteiger charge is 2.42. The molecule has 6 heteroatoms. The van der Waals surface area contributed by atoms with Crippen molar-refractivity contribution in [3.63, 3.8) is 0 Å². The van der Waals surface area contributed by atoms with E-state index in [-0.39, 0.29) is 17.6 Å². The summed E-state index contributed by atoms with van der Waals surface area (Å²) in [4.78, 5) is 15.0. The molecule has 2 aliphatic heterocycles. The smallest absolute Gasteiger partial charge is 0.274 e. The van der Waals surface area contributed by atoms with Gasteiger partial charge in [-0.15, -0.1) is 0 Å². The molecule has 2 fully saturated rings. The van der Waals surface area contributed by atoms with Crippen molar-refractivity contribution in [1.82, 2.24) is 15.1 Å². The van der Waals surface area contributed by atoms with Crippen LogP contribution >= 0.6 is 0 Å². The van der Waals surface area contributed by atoms with Gasteiger partial charge < -0.3 is 14.4 Å². The van der Waals surface area contributed by atoms with Gasteiger partial charge in [0, 0.05) is 31.5 Å². The van der Waals surface area contributed by atoms with Gasteiger partial charge in [-0.25, -0.2) is 0 Å². The number of ether oxygens (including phenoxy) is 2. The number of nitrogens with one attached hydrogen (secondary N) is 1. The molecule has 0 aliphatic carbocycles. The lowest BCUT2D eigenvalue weighted by molar-refractivity contribution is -0.154. The van der Waals surface area contributed by atoms with Crippen molar-refractivity contribution in [2.24, 2.45) is 0 Å². The fourth-order valence-electron chi connectivity index (χ4n) is 4.66. The Morgan fingerprint density at radius 3 is 2.73 bits per heavy atom. The van der Waals surface area contributed by atoms with Crippen LogP contribution in [0.25, 0.3) is 10.9 Å².